The van der Waals surface area contributed by atoms with Crippen LogP contribution in [0.15, 0.2) is 24.9 Å². The van der Waals surface area contributed by atoms with Crippen molar-refractivity contribution < 1.29 is 9.53 Å². The number of amides is 1. The van der Waals surface area contributed by atoms with Crippen LogP contribution < -0.4 is 15.8 Å². The second kappa shape index (κ2) is 4.27. The van der Waals surface area contributed by atoms with Gasteiger partial charge in [0, 0.05) is 6.07 Å². The molecule has 0 unspecified atom stereocenters. The van der Waals surface area contributed by atoms with Crippen molar-refractivity contribution in [2.45, 2.75) is 0 Å². The van der Waals surface area contributed by atoms with Crippen LogP contribution in [0.2, 0.25) is 0 Å². The molecule has 0 bridgehead atoms. The molecule has 5 heteroatoms. The van der Waals surface area contributed by atoms with Crippen molar-refractivity contribution in [3.8, 4) is 5.75 Å². The highest BCUT2D eigenvalue weighted by molar-refractivity contribution is 5.99. The fraction of sp³-hybridized carbons (Fsp3) is 0.111. The van der Waals surface area contributed by atoms with Crippen molar-refractivity contribution in [3.05, 3.63) is 24.9 Å². The second-order valence-electron chi connectivity index (χ2n) is 2.51. The van der Waals surface area contributed by atoms with Crippen LogP contribution in [0.25, 0.3) is 0 Å². The standard InChI is InChI=1S/C9H11N3O2/c1-3-8(13)12-9-7(14-2)4-6(10)5-11-9/h3-5H,1,10H2,2H3,(H,11,12,13). The zero-order chi connectivity index (χ0) is 10.6. The summed E-state index contributed by atoms with van der Waals surface area (Å²) in [6.07, 6.45) is 2.58. The SMILES string of the molecule is C=CC(=O)Nc1ncc(N)cc1OC. The minimum absolute atomic E-state index is 0.326. The van der Waals surface area contributed by atoms with Gasteiger partial charge in [0.2, 0.25) is 5.91 Å². The Morgan fingerprint density at radius 3 is 3.07 bits per heavy atom. The number of rotatable bonds is 3. The number of carbonyl (C=O) groups is 1. The third-order valence-electron chi connectivity index (χ3n) is 1.52. The van der Waals surface area contributed by atoms with Crippen LogP contribution in [-0.2, 0) is 4.79 Å². The summed E-state index contributed by atoms with van der Waals surface area (Å²) in [5.74, 6) is 0.396. The van der Waals surface area contributed by atoms with Gasteiger partial charge in [-0.25, -0.2) is 4.98 Å². The van der Waals surface area contributed by atoms with E-state index < -0.39 is 0 Å². The van der Waals surface area contributed by atoms with Gasteiger partial charge in [-0.1, -0.05) is 6.58 Å². The first kappa shape index (κ1) is 10.0. The van der Waals surface area contributed by atoms with Gasteiger partial charge in [0.05, 0.1) is 19.0 Å². The number of nitrogen functional groups attached to an aromatic ring is 1. The first-order chi connectivity index (χ1) is 6.67. The molecule has 1 rings (SSSR count). The van der Waals surface area contributed by atoms with Crippen LogP contribution in [-0.4, -0.2) is 18.0 Å². The number of carbonyl (C=O) groups excluding carboxylic acids is 1. The monoisotopic (exact) mass is 193 g/mol. The van der Waals surface area contributed by atoms with Crippen molar-refractivity contribution >= 4 is 17.4 Å². The van der Waals surface area contributed by atoms with Gasteiger partial charge in [-0.15, -0.1) is 0 Å². The number of nitrogens with one attached hydrogen (secondary N) is 1. The van der Waals surface area contributed by atoms with E-state index in [4.69, 9.17) is 10.5 Å². The molecule has 0 radical (unpaired) electrons. The summed E-state index contributed by atoms with van der Waals surface area (Å²) in [5, 5.41) is 2.49. The first-order valence-electron chi connectivity index (χ1n) is 3.90. The molecule has 0 aromatic carbocycles. The molecule has 0 atom stereocenters. The van der Waals surface area contributed by atoms with E-state index in [0.29, 0.717) is 17.3 Å². The van der Waals surface area contributed by atoms with E-state index in [1.54, 1.807) is 6.07 Å². The summed E-state index contributed by atoms with van der Waals surface area (Å²) in [7, 11) is 1.47. The average Bonchev–Trinajstić information content (AvgIpc) is 2.20. The van der Waals surface area contributed by atoms with Crippen LogP contribution in [0.1, 0.15) is 0 Å². The predicted molar refractivity (Wildman–Crippen MR) is 54.0 cm³/mol. The lowest BCUT2D eigenvalue weighted by Crippen LogP contribution is -2.10. The number of hydrogen-bond acceptors (Lipinski definition) is 4. The van der Waals surface area contributed by atoms with Gasteiger partial charge < -0.3 is 15.8 Å². The number of ether oxygens (including phenoxy) is 1. The fourth-order valence-corrected chi connectivity index (χ4v) is 0.877. The average molecular weight is 193 g/mol. The molecule has 0 fully saturated rings. The lowest BCUT2D eigenvalue weighted by molar-refractivity contribution is -0.111. The molecule has 1 aromatic rings. The summed E-state index contributed by atoms with van der Waals surface area (Å²) in [4.78, 5) is 14.9. The topological polar surface area (TPSA) is 77.2 Å². The zero-order valence-electron chi connectivity index (χ0n) is 7.78. The highest BCUT2D eigenvalue weighted by atomic mass is 16.5. The van der Waals surface area contributed by atoms with Gasteiger partial charge in [0.25, 0.3) is 0 Å². The van der Waals surface area contributed by atoms with Gasteiger partial charge in [-0.05, 0) is 6.08 Å². The lowest BCUT2D eigenvalue weighted by Gasteiger charge is -2.07. The molecule has 1 amide bonds. The molecule has 0 saturated carbocycles. The predicted octanol–water partition coefficient (Wildman–Crippen LogP) is 0.797. The molecule has 0 aliphatic carbocycles. The smallest absolute Gasteiger partial charge is 0.249 e. The van der Waals surface area contributed by atoms with Crippen molar-refractivity contribution in [3.63, 3.8) is 0 Å². The summed E-state index contributed by atoms with van der Waals surface area (Å²) in [5.41, 5.74) is 5.96. The molecular formula is C9H11N3O2. The molecule has 1 heterocycles. The van der Waals surface area contributed by atoms with Gasteiger partial charge in [0.1, 0.15) is 0 Å². The van der Waals surface area contributed by atoms with E-state index >= 15 is 0 Å². The highest BCUT2D eigenvalue weighted by Gasteiger charge is 2.06. The molecule has 5 nitrogen and oxygen atoms in total. The van der Waals surface area contributed by atoms with Crippen LogP contribution in [0.3, 0.4) is 0 Å². The third kappa shape index (κ3) is 2.22. The molecule has 0 aliphatic heterocycles. The Kier molecular flexibility index (Phi) is 3.06. The van der Waals surface area contributed by atoms with Gasteiger partial charge in [-0.3, -0.25) is 4.79 Å². The number of hydrogen-bond donors (Lipinski definition) is 2. The van der Waals surface area contributed by atoms with Crippen LogP contribution in [0, 0.1) is 0 Å². The molecule has 3 N–H and O–H groups in total. The molecule has 0 saturated heterocycles. The van der Waals surface area contributed by atoms with E-state index in [-0.39, 0.29) is 5.91 Å². The Morgan fingerprint density at radius 1 is 1.79 bits per heavy atom. The lowest BCUT2D eigenvalue weighted by atomic mass is 10.3. The summed E-state index contributed by atoms with van der Waals surface area (Å²) in [6, 6.07) is 1.58. The van der Waals surface area contributed by atoms with Crippen molar-refractivity contribution in [1.82, 2.24) is 4.98 Å². The maximum absolute atomic E-state index is 11.0. The number of anilines is 2. The van der Waals surface area contributed by atoms with Crippen LogP contribution in [0.4, 0.5) is 11.5 Å². The van der Waals surface area contributed by atoms with E-state index in [1.165, 1.54) is 13.3 Å². The summed E-state index contributed by atoms with van der Waals surface area (Å²) in [6.45, 7) is 3.32. The first-order valence-corrected chi connectivity index (χ1v) is 3.90. The molecule has 14 heavy (non-hydrogen) atoms. The van der Waals surface area contributed by atoms with Crippen molar-refractivity contribution in [2.75, 3.05) is 18.2 Å². The van der Waals surface area contributed by atoms with E-state index in [0.717, 1.165) is 6.08 Å². The Morgan fingerprint density at radius 2 is 2.50 bits per heavy atom. The Bertz CT molecular complexity index is 363. The third-order valence-corrected chi connectivity index (χ3v) is 1.52. The molecule has 1 aromatic heterocycles. The number of nitrogens with two attached hydrogens (primary N) is 1. The summed E-state index contributed by atoms with van der Waals surface area (Å²) >= 11 is 0. The van der Waals surface area contributed by atoms with Crippen molar-refractivity contribution in [1.29, 1.82) is 0 Å². The quantitative estimate of drug-likeness (QED) is 0.696. The zero-order valence-corrected chi connectivity index (χ0v) is 7.78. The Balaban J connectivity index is 2.96. The Labute approximate surface area is 81.6 Å². The molecule has 0 spiro atoms. The fourth-order valence-electron chi connectivity index (χ4n) is 0.877. The number of methoxy groups -OCH3 is 1. The highest BCUT2D eigenvalue weighted by Crippen LogP contribution is 2.23. The molecular weight excluding hydrogens is 182 g/mol. The number of aromatic nitrogens is 1. The minimum Gasteiger partial charge on any atom is -0.493 e. The largest absolute Gasteiger partial charge is 0.493 e. The molecule has 74 valence electrons. The van der Waals surface area contributed by atoms with Gasteiger partial charge >= 0.3 is 0 Å². The summed E-state index contributed by atoms with van der Waals surface area (Å²) < 4.78 is 4.98. The van der Waals surface area contributed by atoms with E-state index in [2.05, 4.69) is 16.9 Å². The van der Waals surface area contributed by atoms with Gasteiger partial charge in [-0.2, -0.15) is 0 Å². The minimum atomic E-state index is -0.347. The number of pyridine rings is 1. The molecule has 0 aliphatic rings. The van der Waals surface area contributed by atoms with Crippen molar-refractivity contribution in [2.24, 2.45) is 0 Å². The number of nitrogens with zero attached hydrogens (tertiary/aromatic N) is 1. The second-order valence-corrected chi connectivity index (χ2v) is 2.51. The Hall–Kier alpha value is -2.04. The normalized spacial score (nSPS) is 9.21. The van der Waals surface area contributed by atoms with E-state index in [1.807, 2.05) is 0 Å². The maximum Gasteiger partial charge on any atom is 0.249 e. The van der Waals surface area contributed by atoms with E-state index in [9.17, 15) is 4.79 Å². The van der Waals surface area contributed by atoms with Crippen LogP contribution >= 0.6 is 0 Å². The maximum atomic E-state index is 11.0. The van der Waals surface area contributed by atoms with Gasteiger partial charge in [0.15, 0.2) is 11.6 Å². The van der Waals surface area contributed by atoms with Crippen LogP contribution in [0.5, 0.6) is 5.75 Å².